The highest BCUT2D eigenvalue weighted by Gasteiger charge is 2.28. The number of rotatable bonds is 5. The van der Waals surface area contributed by atoms with Crippen molar-refractivity contribution in [3.8, 4) is 0 Å². The van der Waals surface area contributed by atoms with E-state index in [1.807, 2.05) is 0 Å². The first-order chi connectivity index (χ1) is 9.20. The van der Waals surface area contributed by atoms with Crippen LogP contribution < -0.4 is 5.32 Å². The fourth-order valence-electron chi connectivity index (χ4n) is 1.72. The van der Waals surface area contributed by atoms with Crippen LogP contribution in [0, 0.1) is 4.91 Å². The summed E-state index contributed by atoms with van der Waals surface area (Å²) in [6.45, 7) is 0.388. The van der Waals surface area contributed by atoms with Gasteiger partial charge < -0.3 is 14.9 Å². The van der Waals surface area contributed by atoms with Gasteiger partial charge in [0.25, 0.3) is 5.91 Å². The van der Waals surface area contributed by atoms with E-state index in [2.05, 4.69) is 15.5 Å². The molecule has 7 heteroatoms. The van der Waals surface area contributed by atoms with Crippen LogP contribution in [-0.4, -0.2) is 24.5 Å². The molecule has 1 fully saturated rings. The Hall–Kier alpha value is -2.44. The van der Waals surface area contributed by atoms with E-state index in [9.17, 15) is 14.5 Å². The Kier molecular flexibility index (Phi) is 4.07. The number of hydrogen-bond donors (Lipinski definition) is 1. The molecule has 1 unspecified atom stereocenters. The lowest BCUT2D eigenvalue weighted by Gasteiger charge is -2.09. The molecule has 0 aliphatic carbocycles. The number of nitrogens with one attached hydrogen (secondary N) is 1. The van der Waals surface area contributed by atoms with Crippen LogP contribution in [0.4, 0.5) is 0 Å². The third kappa shape index (κ3) is 3.27. The van der Waals surface area contributed by atoms with Crippen molar-refractivity contribution in [1.82, 2.24) is 5.32 Å². The van der Waals surface area contributed by atoms with E-state index in [1.54, 1.807) is 24.3 Å². The van der Waals surface area contributed by atoms with Crippen LogP contribution in [-0.2, 0) is 21.0 Å². The van der Waals surface area contributed by atoms with Crippen LogP contribution in [0.1, 0.15) is 22.3 Å². The number of benzene rings is 1. The minimum atomic E-state index is -0.574. The first kappa shape index (κ1) is 13.0. The standard InChI is InChI=1S/C12H12N2O5/c15-11(13-10-5-6-18-12(10)16)9-3-1-8(2-4-9)7-19-14-17/h1-4,10H,5-7H2,(H,13,15). The second-order valence-electron chi connectivity index (χ2n) is 4.03. The summed E-state index contributed by atoms with van der Waals surface area (Å²) in [5.41, 5.74) is 1.14. The maximum absolute atomic E-state index is 11.9. The molecule has 0 radical (unpaired) electrons. The van der Waals surface area contributed by atoms with Gasteiger partial charge in [-0.2, -0.15) is 0 Å². The van der Waals surface area contributed by atoms with Crippen LogP contribution >= 0.6 is 0 Å². The van der Waals surface area contributed by atoms with E-state index in [0.717, 1.165) is 5.56 Å². The van der Waals surface area contributed by atoms with E-state index < -0.39 is 12.0 Å². The zero-order chi connectivity index (χ0) is 13.7. The molecule has 7 nitrogen and oxygen atoms in total. The van der Waals surface area contributed by atoms with Crippen molar-refractivity contribution in [2.24, 2.45) is 5.34 Å². The second-order valence-corrected chi connectivity index (χ2v) is 4.03. The third-order valence-corrected chi connectivity index (χ3v) is 2.74. The van der Waals surface area contributed by atoms with E-state index >= 15 is 0 Å². The SMILES string of the molecule is O=NOCc1ccc(C(=O)NC2CCOC2=O)cc1. The largest absolute Gasteiger partial charge is 0.464 e. The first-order valence-corrected chi connectivity index (χ1v) is 5.72. The summed E-state index contributed by atoms with van der Waals surface area (Å²) in [7, 11) is 0. The summed E-state index contributed by atoms with van der Waals surface area (Å²) in [5.74, 6) is -0.750. The molecule has 1 aromatic carbocycles. The summed E-state index contributed by atoms with van der Waals surface area (Å²) >= 11 is 0. The molecule has 1 amide bonds. The fraction of sp³-hybridized carbons (Fsp3) is 0.333. The van der Waals surface area contributed by atoms with Crippen molar-refractivity contribution in [2.75, 3.05) is 6.61 Å². The molecule has 2 rings (SSSR count). The molecule has 19 heavy (non-hydrogen) atoms. The van der Waals surface area contributed by atoms with E-state index in [0.29, 0.717) is 18.6 Å². The zero-order valence-electron chi connectivity index (χ0n) is 10.00. The average Bonchev–Trinajstić information content (AvgIpc) is 2.82. The normalized spacial score (nSPS) is 17.7. The van der Waals surface area contributed by atoms with Crippen LogP contribution in [0.5, 0.6) is 0 Å². The molecule has 100 valence electrons. The molecule has 1 saturated heterocycles. The van der Waals surface area contributed by atoms with E-state index in [-0.39, 0.29) is 12.5 Å². The summed E-state index contributed by atoms with van der Waals surface area (Å²) in [6.07, 6.45) is 0.488. The van der Waals surface area contributed by atoms with Gasteiger partial charge >= 0.3 is 5.97 Å². The molecule has 1 atom stereocenters. The monoisotopic (exact) mass is 264 g/mol. The van der Waals surface area contributed by atoms with Crippen molar-refractivity contribution in [1.29, 1.82) is 0 Å². The van der Waals surface area contributed by atoms with Crippen molar-refractivity contribution < 1.29 is 19.2 Å². The number of carbonyl (C=O) groups is 2. The Labute approximate surface area is 108 Å². The van der Waals surface area contributed by atoms with Crippen molar-refractivity contribution in [2.45, 2.75) is 19.1 Å². The van der Waals surface area contributed by atoms with Gasteiger partial charge in [-0.1, -0.05) is 12.1 Å². The van der Waals surface area contributed by atoms with Gasteiger partial charge in [-0.3, -0.25) is 4.79 Å². The number of amides is 1. The molecule has 1 heterocycles. The summed E-state index contributed by atoms with van der Waals surface area (Å²) < 4.78 is 4.76. The Bertz CT molecular complexity index is 485. The summed E-state index contributed by atoms with van der Waals surface area (Å²) in [6, 6.07) is 5.88. The first-order valence-electron chi connectivity index (χ1n) is 5.72. The molecule has 1 aliphatic heterocycles. The highest BCUT2D eigenvalue weighted by atomic mass is 16.7. The molecule has 0 spiro atoms. The molecule has 1 N–H and O–H groups in total. The topological polar surface area (TPSA) is 94.1 Å². The van der Waals surface area contributed by atoms with Gasteiger partial charge in [-0.25, -0.2) is 4.79 Å². The Morgan fingerprint density at radius 1 is 1.42 bits per heavy atom. The minimum absolute atomic E-state index is 0.0559. The third-order valence-electron chi connectivity index (χ3n) is 2.74. The molecular formula is C12H12N2O5. The number of carbonyl (C=O) groups excluding carboxylic acids is 2. The maximum atomic E-state index is 11.9. The molecule has 0 bridgehead atoms. The predicted octanol–water partition coefficient (Wildman–Crippen LogP) is 0.930. The number of cyclic esters (lactones) is 1. The molecule has 0 aromatic heterocycles. The minimum Gasteiger partial charge on any atom is -0.464 e. The van der Waals surface area contributed by atoms with Gasteiger partial charge in [0, 0.05) is 12.0 Å². The summed E-state index contributed by atoms with van der Waals surface area (Å²) in [5, 5.41) is 4.88. The predicted molar refractivity (Wildman–Crippen MR) is 63.9 cm³/mol. The number of esters is 1. The number of hydrogen-bond acceptors (Lipinski definition) is 6. The quantitative estimate of drug-likeness (QED) is 0.485. The molecule has 1 aromatic rings. The lowest BCUT2D eigenvalue weighted by atomic mass is 10.1. The van der Waals surface area contributed by atoms with Gasteiger partial charge in [0.1, 0.15) is 12.6 Å². The Balaban J connectivity index is 1.95. The Morgan fingerprint density at radius 3 is 2.74 bits per heavy atom. The van der Waals surface area contributed by atoms with Crippen LogP contribution in [0.3, 0.4) is 0 Å². The maximum Gasteiger partial charge on any atom is 0.328 e. The smallest absolute Gasteiger partial charge is 0.328 e. The van der Waals surface area contributed by atoms with Gasteiger partial charge in [0.05, 0.1) is 6.61 Å². The van der Waals surface area contributed by atoms with Crippen molar-refractivity contribution in [3.63, 3.8) is 0 Å². The van der Waals surface area contributed by atoms with E-state index in [4.69, 9.17) is 4.74 Å². The lowest BCUT2D eigenvalue weighted by Crippen LogP contribution is -2.37. The van der Waals surface area contributed by atoms with Crippen LogP contribution in [0.2, 0.25) is 0 Å². The Morgan fingerprint density at radius 2 is 2.16 bits per heavy atom. The van der Waals surface area contributed by atoms with Gasteiger partial charge in [-0.15, -0.1) is 4.91 Å². The number of nitrogens with zero attached hydrogens (tertiary/aromatic N) is 1. The highest BCUT2D eigenvalue weighted by Crippen LogP contribution is 2.09. The fourth-order valence-corrected chi connectivity index (χ4v) is 1.72. The van der Waals surface area contributed by atoms with Crippen molar-refractivity contribution >= 4 is 11.9 Å². The number of ether oxygens (including phenoxy) is 1. The molecular weight excluding hydrogens is 252 g/mol. The summed E-state index contributed by atoms with van der Waals surface area (Å²) in [4.78, 5) is 37.2. The highest BCUT2D eigenvalue weighted by molar-refractivity contribution is 5.97. The average molecular weight is 264 g/mol. The molecule has 1 aliphatic rings. The van der Waals surface area contributed by atoms with Gasteiger partial charge in [-0.05, 0) is 17.7 Å². The van der Waals surface area contributed by atoms with Crippen LogP contribution in [0.25, 0.3) is 0 Å². The van der Waals surface area contributed by atoms with Crippen molar-refractivity contribution in [3.05, 3.63) is 40.3 Å². The van der Waals surface area contributed by atoms with Gasteiger partial charge in [0.15, 0.2) is 5.34 Å². The van der Waals surface area contributed by atoms with Crippen LogP contribution in [0.15, 0.2) is 29.6 Å². The molecule has 0 saturated carbocycles. The van der Waals surface area contributed by atoms with Gasteiger partial charge in [0.2, 0.25) is 0 Å². The second kappa shape index (κ2) is 5.94. The zero-order valence-corrected chi connectivity index (χ0v) is 10.00. The van der Waals surface area contributed by atoms with E-state index in [1.165, 1.54) is 0 Å². The lowest BCUT2D eigenvalue weighted by molar-refractivity contribution is -0.139.